The van der Waals surface area contributed by atoms with Crippen LogP contribution in [0.5, 0.6) is 0 Å². The third kappa shape index (κ3) is 3.77. The summed E-state index contributed by atoms with van der Waals surface area (Å²) in [5.74, 6) is -1.67. The van der Waals surface area contributed by atoms with Gasteiger partial charge in [-0.2, -0.15) is 0 Å². The van der Waals surface area contributed by atoms with Crippen LogP contribution in [0.1, 0.15) is 38.8 Å². The zero-order valence-corrected chi connectivity index (χ0v) is 15.7. The summed E-state index contributed by atoms with van der Waals surface area (Å²) in [6.07, 6.45) is 0.437. The molecule has 1 aliphatic carbocycles. The second kappa shape index (κ2) is 6.86. The second-order valence-electron chi connectivity index (χ2n) is 7.91. The lowest BCUT2D eigenvalue weighted by Crippen LogP contribution is -2.39. The number of hydrogen-bond acceptors (Lipinski definition) is 5. The Bertz CT molecular complexity index is 904. The third-order valence-corrected chi connectivity index (χ3v) is 4.38. The fourth-order valence-electron chi connectivity index (χ4n) is 3.29. The molecule has 3 rings (SSSR count). The van der Waals surface area contributed by atoms with Gasteiger partial charge in [-0.1, -0.05) is 5.21 Å². The van der Waals surface area contributed by atoms with E-state index in [4.69, 9.17) is 4.74 Å². The molecule has 1 aromatic carbocycles. The van der Waals surface area contributed by atoms with Gasteiger partial charge >= 0.3 is 6.09 Å². The van der Waals surface area contributed by atoms with Crippen LogP contribution in [-0.4, -0.2) is 39.0 Å². The van der Waals surface area contributed by atoms with E-state index >= 15 is 0 Å². The molecule has 0 spiro atoms. The highest BCUT2D eigenvalue weighted by molar-refractivity contribution is 5.79. The number of benzene rings is 1. The van der Waals surface area contributed by atoms with Gasteiger partial charge in [0.1, 0.15) is 17.4 Å². The Hall–Kier alpha value is -2.58. The van der Waals surface area contributed by atoms with E-state index in [9.17, 15) is 18.4 Å². The monoisotopic (exact) mass is 380 g/mol. The molecular weight excluding hydrogens is 358 g/mol. The molecule has 1 N–H and O–H groups in total. The highest BCUT2D eigenvalue weighted by Crippen LogP contribution is 2.35. The molecule has 27 heavy (non-hydrogen) atoms. The normalized spacial score (nSPS) is 17.6. The minimum atomic E-state index is -0.644. The number of fused-ring (bicyclic) bond motifs is 2. The highest BCUT2D eigenvalue weighted by Gasteiger charge is 2.32. The average molecular weight is 380 g/mol. The number of nitrogens with zero attached hydrogens (tertiary/aromatic N) is 3. The van der Waals surface area contributed by atoms with Gasteiger partial charge in [0.05, 0.1) is 6.54 Å². The lowest BCUT2D eigenvalue weighted by molar-refractivity contribution is -0.110. The minimum Gasteiger partial charge on any atom is -0.444 e. The Morgan fingerprint density at radius 3 is 2.56 bits per heavy atom. The standard InChI is InChI=1S/C18H22F2N4O3/c1-9(21-17(26)27-18(2,3)4)7-24-16-14(20)12-6-10(8-25)5-11(12)13(19)15(16)22-23-24/h8-10H,5-7H2,1-4H3,(H,21,26). The Morgan fingerprint density at radius 1 is 1.33 bits per heavy atom. The zero-order chi connectivity index (χ0) is 19.9. The van der Waals surface area contributed by atoms with E-state index in [1.165, 1.54) is 4.68 Å². The van der Waals surface area contributed by atoms with Crippen LogP contribution in [0.3, 0.4) is 0 Å². The van der Waals surface area contributed by atoms with Crippen molar-refractivity contribution in [3.8, 4) is 0 Å². The van der Waals surface area contributed by atoms with Gasteiger partial charge in [0.2, 0.25) is 0 Å². The maximum Gasteiger partial charge on any atom is 0.407 e. The third-order valence-electron chi connectivity index (χ3n) is 4.38. The van der Waals surface area contributed by atoms with Gasteiger partial charge in [0.15, 0.2) is 17.2 Å². The molecule has 0 saturated carbocycles. The van der Waals surface area contributed by atoms with Gasteiger partial charge in [0, 0.05) is 12.0 Å². The van der Waals surface area contributed by atoms with Crippen LogP contribution < -0.4 is 5.32 Å². The summed E-state index contributed by atoms with van der Waals surface area (Å²) < 4.78 is 36.1. The van der Waals surface area contributed by atoms with Crippen molar-refractivity contribution < 1.29 is 23.1 Å². The minimum absolute atomic E-state index is 0.0596. The summed E-state index contributed by atoms with van der Waals surface area (Å²) in [6, 6.07) is -0.455. The molecule has 1 amide bonds. The summed E-state index contributed by atoms with van der Waals surface area (Å²) in [5.41, 5.74) is -0.468. The Labute approximate surface area is 155 Å². The first-order valence-corrected chi connectivity index (χ1v) is 8.77. The van der Waals surface area contributed by atoms with Crippen molar-refractivity contribution in [3.05, 3.63) is 22.8 Å². The fraction of sp³-hybridized carbons (Fsp3) is 0.556. The van der Waals surface area contributed by atoms with E-state index in [2.05, 4.69) is 15.6 Å². The lowest BCUT2D eigenvalue weighted by Gasteiger charge is -2.22. The van der Waals surface area contributed by atoms with Crippen LogP contribution >= 0.6 is 0 Å². The molecule has 1 aromatic heterocycles. The summed E-state index contributed by atoms with van der Waals surface area (Å²) >= 11 is 0. The number of nitrogens with one attached hydrogen (secondary N) is 1. The number of ether oxygens (including phenoxy) is 1. The van der Waals surface area contributed by atoms with Crippen molar-refractivity contribution in [2.24, 2.45) is 5.92 Å². The molecule has 1 aliphatic rings. The molecule has 2 atom stereocenters. The van der Waals surface area contributed by atoms with Crippen molar-refractivity contribution in [2.75, 3.05) is 0 Å². The number of halogens is 2. The molecule has 0 fully saturated rings. The summed E-state index contributed by atoms with van der Waals surface area (Å²) in [4.78, 5) is 22.9. The van der Waals surface area contributed by atoms with Crippen LogP contribution in [0.4, 0.5) is 13.6 Å². The van der Waals surface area contributed by atoms with Crippen molar-refractivity contribution in [1.29, 1.82) is 0 Å². The molecule has 1 heterocycles. The van der Waals surface area contributed by atoms with E-state index in [0.29, 0.717) is 0 Å². The van der Waals surface area contributed by atoms with Crippen LogP contribution in [0.15, 0.2) is 0 Å². The molecule has 0 bridgehead atoms. The van der Waals surface area contributed by atoms with E-state index in [1.807, 2.05) is 0 Å². The number of amides is 1. The number of hydrogen-bond donors (Lipinski definition) is 1. The first kappa shape index (κ1) is 19.2. The van der Waals surface area contributed by atoms with E-state index in [-0.39, 0.29) is 41.5 Å². The Balaban J connectivity index is 1.86. The number of aldehydes is 1. The van der Waals surface area contributed by atoms with Crippen molar-refractivity contribution in [3.63, 3.8) is 0 Å². The first-order valence-electron chi connectivity index (χ1n) is 8.77. The van der Waals surface area contributed by atoms with Crippen LogP contribution in [0.25, 0.3) is 11.0 Å². The number of aromatic nitrogens is 3. The van der Waals surface area contributed by atoms with E-state index < -0.39 is 35.3 Å². The smallest absolute Gasteiger partial charge is 0.407 e. The van der Waals surface area contributed by atoms with E-state index in [1.54, 1.807) is 27.7 Å². The van der Waals surface area contributed by atoms with Gasteiger partial charge < -0.3 is 14.8 Å². The van der Waals surface area contributed by atoms with Gasteiger partial charge in [0.25, 0.3) is 0 Å². The quantitative estimate of drug-likeness (QED) is 0.824. The molecule has 9 heteroatoms. The number of rotatable bonds is 4. The number of alkyl carbamates (subject to hydrolysis) is 1. The summed E-state index contributed by atoms with van der Waals surface area (Å²) in [7, 11) is 0. The predicted octanol–water partition coefficient (Wildman–Crippen LogP) is 2.54. The molecule has 2 aromatic rings. The molecular formula is C18H22F2N4O3. The van der Waals surface area contributed by atoms with E-state index in [0.717, 1.165) is 6.29 Å². The molecule has 2 unspecified atom stereocenters. The molecule has 0 aliphatic heterocycles. The Kier molecular flexibility index (Phi) is 4.88. The van der Waals surface area contributed by atoms with Gasteiger partial charge in [-0.25, -0.2) is 18.3 Å². The predicted molar refractivity (Wildman–Crippen MR) is 93.2 cm³/mol. The van der Waals surface area contributed by atoms with Crippen molar-refractivity contribution in [1.82, 2.24) is 20.3 Å². The van der Waals surface area contributed by atoms with Crippen molar-refractivity contribution >= 4 is 23.4 Å². The maximum atomic E-state index is 15.0. The average Bonchev–Trinajstić information content (AvgIpc) is 3.15. The number of carbonyl (C=O) groups excluding carboxylic acids is 2. The molecule has 0 radical (unpaired) electrons. The fourth-order valence-corrected chi connectivity index (χ4v) is 3.29. The second-order valence-corrected chi connectivity index (χ2v) is 7.91. The highest BCUT2D eigenvalue weighted by atomic mass is 19.1. The Morgan fingerprint density at radius 2 is 1.96 bits per heavy atom. The summed E-state index contributed by atoms with van der Waals surface area (Å²) in [6.45, 7) is 7.01. The van der Waals surface area contributed by atoms with Crippen molar-refractivity contribution in [2.45, 2.75) is 58.7 Å². The first-order chi connectivity index (χ1) is 12.6. The molecule has 0 saturated heterocycles. The van der Waals surface area contributed by atoms with Gasteiger partial charge in [-0.15, -0.1) is 5.10 Å². The lowest BCUT2D eigenvalue weighted by atomic mass is 10.1. The van der Waals surface area contributed by atoms with Gasteiger partial charge in [-0.3, -0.25) is 0 Å². The van der Waals surface area contributed by atoms with Crippen LogP contribution in [0.2, 0.25) is 0 Å². The SMILES string of the molecule is CC(Cn1nnc2c(F)c3c(c(F)c21)CC(C=O)C3)NC(=O)OC(C)(C)C. The molecule has 146 valence electrons. The summed E-state index contributed by atoms with van der Waals surface area (Å²) in [5, 5.41) is 10.2. The van der Waals surface area contributed by atoms with Crippen LogP contribution in [0, 0.1) is 17.6 Å². The van der Waals surface area contributed by atoms with Gasteiger partial charge in [-0.05, 0) is 51.7 Å². The largest absolute Gasteiger partial charge is 0.444 e. The number of carbonyl (C=O) groups is 2. The molecule has 7 nitrogen and oxygen atoms in total. The van der Waals surface area contributed by atoms with Crippen LogP contribution in [-0.2, 0) is 28.9 Å². The maximum absolute atomic E-state index is 15.0. The zero-order valence-electron chi connectivity index (χ0n) is 15.7. The topological polar surface area (TPSA) is 86.1 Å².